The monoisotopic (exact) mass is 262 g/mol. The van der Waals surface area contributed by atoms with E-state index in [9.17, 15) is 4.79 Å². The summed E-state index contributed by atoms with van der Waals surface area (Å²) in [5.41, 5.74) is 7.21. The number of aromatic nitrogens is 1. The van der Waals surface area contributed by atoms with Gasteiger partial charge in [0.25, 0.3) is 5.91 Å². The lowest BCUT2D eigenvalue weighted by molar-refractivity contribution is 0.0958. The fraction of sp³-hybridized carbons (Fsp3) is 0.571. The Morgan fingerprint density at radius 2 is 2.26 bits per heavy atom. The Hall–Kier alpha value is -1.62. The number of anilines is 1. The molecule has 1 aliphatic carbocycles. The molecular formula is C14H22N4O. The molecule has 1 fully saturated rings. The van der Waals surface area contributed by atoms with Crippen LogP contribution in [0.25, 0.3) is 0 Å². The molecule has 1 heterocycles. The fourth-order valence-electron chi connectivity index (χ4n) is 2.67. The molecule has 1 aliphatic rings. The molecule has 5 nitrogen and oxygen atoms in total. The highest BCUT2D eigenvalue weighted by Gasteiger charge is 2.23. The molecule has 2 unspecified atom stereocenters. The van der Waals surface area contributed by atoms with E-state index in [1.807, 2.05) is 6.07 Å². The van der Waals surface area contributed by atoms with Crippen LogP contribution in [0.5, 0.6) is 0 Å². The Bertz CT molecular complexity index is 435. The van der Waals surface area contributed by atoms with Crippen LogP contribution in [0.4, 0.5) is 5.69 Å². The van der Waals surface area contributed by atoms with Gasteiger partial charge in [-0.25, -0.2) is 0 Å². The van der Waals surface area contributed by atoms with Crippen molar-refractivity contribution in [3.05, 3.63) is 24.0 Å². The molecule has 1 aromatic rings. The van der Waals surface area contributed by atoms with Crippen LogP contribution in [-0.4, -0.2) is 30.5 Å². The molecule has 0 aliphatic heterocycles. The number of nitrogens with one attached hydrogen (secondary N) is 2. The van der Waals surface area contributed by atoms with Gasteiger partial charge in [0.1, 0.15) is 5.69 Å². The Morgan fingerprint density at radius 1 is 1.47 bits per heavy atom. The van der Waals surface area contributed by atoms with Gasteiger partial charge in [-0.2, -0.15) is 0 Å². The van der Waals surface area contributed by atoms with E-state index in [2.05, 4.69) is 15.6 Å². The van der Waals surface area contributed by atoms with Crippen LogP contribution in [0, 0.1) is 5.92 Å². The van der Waals surface area contributed by atoms with Crippen LogP contribution < -0.4 is 16.4 Å². The molecule has 1 saturated carbocycles. The number of amides is 1. The Morgan fingerprint density at radius 3 is 3.00 bits per heavy atom. The number of carbonyl (C=O) groups is 1. The van der Waals surface area contributed by atoms with Gasteiger partial charge in [0.15, 0.2) is 0 Å². The fourth-order valence-corrected chi connectivity index (χ4v) is 2.67. The van der Waals surface area contributed by atoms with E-state index >= 15 is 0 Å². The second kappa shape index (κ2) is 6.52. The van der Waals surface area contributed by atoms with Gasteiger partial charge in [0.2, 0.25) is 0 Å². The van der Waals surface area contributed by atoms with Crippen molar-refractivity contribution in [3.8, 4) is 0 Å². The molecule has 0 radical (unpaired) electrons. The highest BCUT2D eigenvalue weighted by molar-refractivity contribution is 5.92. The first kappa shape index (κ1) is 13.8. The number of nitrogens with two attached hydrogens (primary N) is 1. The average Bonchev–Trinajstić information content (AvgIpc) is 2.47. The van der Waals surface area contributed by atoms with Crippen LogP contribution in [0.15, 0.2) is 18.3 Å². The summed E-state index contributed by atoms with van der Waals surface area (Å²) in [6.45, 7) is 0.713. The Balaban J connectivity index is 2.07. The smallest absolute Gasteiger partial charge is 0.269 e. The number of pyridine rings is 1. The van der Waals surface area contributed by atoms with Gasteiger partial charge in [0.05, 0.1) is 0 Å². The molecule has 104 valence electrons. The van der Waals surface area contributed by atoms with E-state index in [-0.39, 0.29) is 5.91 Å². The van der Waals surface area contributed by atoms with Gasteiger partial charge in [-0.3, -0.25) is 9.78 Å². The zero-order valence-electron chi connectivity index (χ0n) is 11.4. The second-order valence-corrected chi connectivity index (χ2v) is 5.04. The summed E-state index contributed by atoms with van der Waals surface area (Å²) in [6, 6.07) is 4.09. The summed E-state index contributed by atoms with van der Waals surface area (Å²) in [4.78, 5) is 15.6. The molecule has 1 amide bonds. The number of carbonyl (C=O) groups excluding carboxylic acids is 1. The van der Waals surface area contributed by atoms with Gasteiger partial charge in [-0.15, -0.1) is 0 Å². The lowest BCUT2D eigenvalue weighted by atomic mass is 9.84. The number of hydrogen-bond acceptors (Lipinski definition) is 4. The Kier molecular flexibility index (Phi) is 4.74. The highest BCUT2D eigenvalue weighted by atomic mass is 16.1. The van der Waals surface area contributed by atoms with Crippen LogP contribution in [-0.2, 0) is 0 Å². The molecule has 1 aromatic heterocycles. The van der Waals surface area contributed by atoms with Crippen molar-refractivity contribution in [1.82, 2.24) is 10.3 Å². The highest BCUT2D eigenvalue weighted by Crippen LogP contribution is 2.26. The van der Waals surface area contributed by atoms with Crippen LogP contribution >= 0.6 is 0 Å². The summed E-state index contributed by atoms with van der Waals surface area (Å²) < 4.78 is 0. The average molecular weight is 262 g/mol. The van der Waals surface area contributed by atoms with Crippen LogP contribution in [0.3, 0.4) is 0 Å². The minimum Gasteiger partial charge on any atom is -0.382 e. The predicted octanol–water partition coefficient (Wildman–Crippen LogP) is 1.37. The van der Waals surface area contributed by atoms with Gasteiger partial charge in [0, 0.05) is 25.0 Å². The van der Waals surface area contributed by atoms with E-state index in [0.717, 1.165) is 12.1 Å². The summed E-state index contributed by atoms with van der Waals surface area (Å²) in [5.74, 6) is 0.355. The van der Waals surface area contributed by atoms with Gasteiger partial charge >= 0.3 is 0 Å². The maximum absolute atomic E-state index is 11.6. The maximum Gasteiger partial charge on any atom is 0.269 e. The third kappa shape index (κ3) is 3.44. The van der Waals surface area contributed by atoms with Gasteiger partial charge < -0.3 is 16.4 Å². The zero-order chi connectivity index (χ0) is 13.7. The largest absolute Gasteiger partial charge is 0.382 e. The van der Waals surface area contributed by atoms with Crippen molar-refractivity contribution in [1.29, 1.82) is 0 Å². The molecule has 0 aromatic carbocycles. The van der Waals surface area contributed by atoms with E-state index in [1.54, 1.807) is 19.3 Å². The van der Waals surface area contributed by atoms with Crippen LogP contribution in [0.2, 0.25) is 0 Å². The molecule has 0 bridgehead atoms. The minimum absolute atomic E-state index is 0.164. The lowest BCUT2D eigenvalue weighted by Crippen LogP contribution is -2.36. The first-order valence-corrected chi connectivity index (χ1v) is 6.89. The normalized spacial score (nSPS) is 22.8. The molecule has 4 N–H and O–H groups in total. The molecule has 0 spiro atoms. The van der Waals surface area contributed by atoms with E-state index < -0.39 is 0 Å². The van der Waals surface area contributed by atoms with Crippen molar-refractivity contribution in [2.75, 3.05) is 18.9 Å². The summed E-state index contributed by atoms with van der Waals surface area (Å²) in [6.07, 6.45) is 6.48. The lowest BCUT2D eigenvalue weighted by Gasteiger charge is -2.32. The maximum atomic E-state index is 11.6. The first-order chi connectivity index (χ1) is 9.24. The van der Waals surface area contributed by atoms with E-state index in [0.29, 0.717) is 24.2 Å². The first-order valence-electron chi connectivity index (χ1n) is 6.89. The third-order valence-corrected chi connectivity index (χ3v) is 3.78. The van der Waals surface area contributed by atoms with Crippen molar-refractivity contribution in [2.24, 2.45) is 11.7 Å². The van der Waals surface area contributed by atoms with Gasteiger partial charge in [-0.1, -0.05) is 12.8 Å². The minimum atomic E-state index is -0.164. The van der Waals surface area contributed by atoms with Crippen molar-refractivity contribution in [3.63, 3.8) is 0 Å². The molecule has 0 saturated heterocycles. The van der Waals surface area contributed by atoms with Crippen molar-refractivity contribution < 1.29 is 4.79 Å². The van der Waals surface area contributed by atoms with Crippen molar-refractivity contribution in [2.45, 2.75) is 31.7 Å². The SMILES string of the molecule is CNC(=O)c1cc(NC2CCCCC2CN)ccn1. The third-order valence-electron chi connectivity index (χ3n) is 3.78. The topological polar surface area (TPSA) is 80.0 Å². The summed E-state index contributed by atoms with van der Waals surface area (Å²) in [7, 11) is 1.61. The summed E-state index contributed by atoms with van der Waals surface area (Å²) >= 11 is 0. The number of nitrogens with zero attached hydrogens (tertiary/aromatic N) is 1. The number of rotatable bonds is 4. The quantitative estimate of drug-likeness (QED) is 0.765. The van der Waals surface area contributed by atoms with Crippen molar-refractivity contribution >= 4 is 11.6 Å². The molecule has 2 rings (SSSR count). The molecular weight excluding hydrogens is 240 g/mol. The standard InChI is InChI=1S/C14H22N4O/c1-16-14(19)13-8-11(6-7-17-13)18-12-5-3-2-4-10(12)9-15/h6-8,10,12H,2-5,9,15H2,1H3,(H,16,19)(H,17,18). The molecule has 2 atom stereocenters. The zero-order valence-corrected chi connectivity index (χ0v) is 11.4. The predicted molar refractivity (Wildman–Crippen MR) is 76.1 cm³/mol. The molecule has 5 heteroatoms. The van der Waals surface area contributed by atoms with E-state index in [1.165, 1.54) is 19.3 Å². The molecule has 19 heavy (non-hydrogen) atoms. The van der Waals surface area contributed by atoms with E-state index in [4.69, 9.17) is 5.73 Å². The Labute approximate surface area is 114 Å². The summed E-state index contributed by atoms with van der Waals surface area (Å²) in [5, 5.41) is 6.08. The van der Waals surface area contributed by atoms with Crippen LogP contribution in [0.1, 0.15) is 36.2 Å². The second-order valence-electron chi connectivity index (χ2n) is 5.04. The number of hydrogen-bond donors (Lipinski definition) is 3. The van der Waals surface area contributed by atoms with Gasteiger partial charge in [-0.05, 0) is 37.4 Å².